The van der Waals surface area contributed by atoms with Crippen molar-refractivity contribution in [1.29, 1.82) is 0 Å². The molecule has 0 aliphatic carbocycles. The molecule has 0 amide bonds. The largest absolute Gasteiger partial charge is 0.493 e. The molecule has 1 aromatic carbocycles. The Hall–Kier alpha value is -1.46. The van der Waals surface area contributed by atoms with E-state index in [9.17, 15) is 4.79 Å². The Kier molecular flexibility index (Phi) is 6.65. The molecule has 0 bridgehead atoms. The van der Waals surface area contributed by atoms with Gasteiger partial charge >= 0.3 is 5.97 Å². The molecular weight excluding hydrogens is 270 g/mol. The van der Waals surface area contributed by atoms with Crippen LogP contribution in [-0.2, 0) is 16.0 Å². The van der Waals surface area contributed by atoms with Gasteiger partial charge in [0.15, 0.2) is 11.5 Å². The molecular formula is C13H20ClNO4. The number of methoxy groups -OCH3 is 3. The first-order valence-corrected chi connectivity index (χ1v) is 5.53. The Labute approximate surface area is 119 Å². The molecule has 0 heterocycles. The van der Waals surface area contributed by atoms with Crippen molar-refractivity contribution < 1.29 is 19.0 Å². The maximum atomic E-state index is 11.5. The zero-order valence-electron chi connectivity index (χ0n) is 11.6. The first-order chi connectivity index (χ1) is 8.44. The van der Waals surface area contributed by atoms with Gasteiger partial charge in [-0.1, -0.05) is 6.07 Å². The smallest absolute Gasteiger partial charge is 0.325 e. The molecule has 0 radical (unpaired) electrons. The summed E-state index contributed by atoms with van der Waals surface area (Å²) < 4.78 is 15.0. The van der Waals surface area contributed by atoms with Gasteiger partial charge in [-0.05, 0) is 24.6 Å². The van der Waals surface area contributed by atoms with Gasteiger partial charge in [-0.3, -0.25) is 4.79 Å². The second-order valence-corrected chi connectivity index (χ2v) is 4.28. The van der Waals surface area contributed by atoms with E-state index in [0.29, 0.717) is 17.9 Å². The molecule has 0 aliphatic rings. The van der Waals surface area contributed by atoms with Gasteiger partial charge in [0.25, 0.3) is 0 Å². The van der Waals surface area contributed by atoms with Gasteiger partial charge in [0.05, 0.1) is 21.3 Å². The Balaban J connectivity index is 0.00000324. The molecule has 1 aromatic rings. The fourth-order valence-corrected chi connectivity index (χ4v) is 1.72. The molecule has 19 heavy (non-hydrogen) atoms. The molecule has 2 N–H and O–H groups in total. The second kappa shape index (κ2) is 7.21. The van der Waals surface area contributed by atoms with Crippen LogP contribution in [0.25, 0.3) is 0 Å². The lowest BCUT2D eigenvalue weighted by Crippen LogP contribution is -2.47. The zero-order valence-corrected chi connectivity index (χ0v) is 12.4. The van der Waals surface area contributed by atoms with Crippen molar-refractivity contribution >= 4 is 18.4 Å². The van der Waals surface area contributed by atoms with Crippen molar-refractivity contribution in [1.82, 2.24) is 0 Å². The van der Waals surface area contributed by atoms with Gasteiger partial charge in [-0.15, -0.1) is 12.4 Å². The monoisotopic (exact) mass is 289 g/mol. The number of nitrogens with two attached hydrogens (primary N) is 1. The van der Waals surface area contributed by atoms with E-state index in [4.69, 9.17) is 15.2 Å². The summed E-state index contributed by atoms with van der Waals surface area (Å²) in [7, 11) is 4.45. The maximum Gasteiger partial charge on any atom is 0.325 e. The van der Waals surface area contributed by atoms with E-state index < -0.39 is 11.5 Å². The molecule has 0 saturated heterocycles. The van der Waals surface area contributed by atoms with E-state index in [1.165, 1.54) is 7.11 Å². The normalized spacial score (nSPS) is 12.9. The Morgan fingerprint density at radius 1 is 1.21 bits per heavy atom. The topological polar surface area (TPSA) is 70.8 Å². The highest BCUT2D eigenvalue weighted by molar-refractivity contribution is 5.85. The molecule has 0 spiro atoms. The number of carbonyl (C=O) groups excluding carboxylic acids is 1. The quantitative estimate of drug-likeness (QED) is 0.833. The van der Waals surface area contributed by atoms with Crippen LogP contribution in [0.15, 0.2) is 18.2 Å². The van der Waals surface area contributed by atoms with Gasteiger partial charge < -0.3 is 19.9 Å². The van der Waals surface area contributed by atoms with Gasteiger partial charge in [-0.2, -0.15) is 0 Å². The highest BCUT2D eigenvalue weighted by Gasteiger charge is 2.29. The lowest BCUT2D eigenvalue weighted by molar-refractivity contribution is -0.146. The van der Waals surface area contributed by atoms with Gasteiger partial charge in [0, 0.05) is 6.42 Å². The fourth-order valence-electron chi connectivity index (χ4n) is 1.72. The van der Waals surface area contributed by atoms with E-state index in [2.05, 4.69) is 4.74 Å². The SMILES string of the molecule is COC(=O)[C@@](C)(N)Cc1ccc(OC)c(OC)c1.Cl. The molecule has 108 valence electrons. The minimum absolute atomic E-state index is 0. The molecule has 1 rings (SSSR count). The lowest BCUT2D eigenvalue weighted by Gasteiger charge is -2.21. The van der Waals surface area contributed by atoms with Crippen LogP contribution in [0.4, 0.5) is 0 Å². The van der Waals surface area contributed by atoms with E-state index in [-0.39, 0.29) is 12.4 Å². The van der Waals surface area contributed by atoms with Crippen LogP contribution in [0, 0.1) is 0 Å². The number of halogens is 1. The average molecular weight is 290 g/mol. The maximum absolute atomic E-state index is 11.5. The third-order valence-electron chi connectivity index (χ3n) is 2.67. The fraction of sp³-hybridized carbons (Fsp3) is 0.462. The van der Waals surface area contributed by atoms with Crippen molar-refractivity contribution in [3.63, 3.8) is 0 Å². The number of rotatable bonds is 5. The van der Waals surface area contributed by atoms with E-state index in [1.807, 2.05) is 6.07 Å². The van der Waals surface area contributed by atoms with Crippen molar-refractivity contribution in [2.75, 3.05) is 21.3 Å². The van der Waals surface area contributed by atoms with Crippen LogP contribution in [0.1, 0.15) is 12.5 Å². The van der Waals surface area contributed by atoms with Crippen LogP contribution in [0.5, 0.6) is 11.5 Å². The Morgan fingerprint density at radius 2 is 1.79 bits per heavy atom. The van der Waals surface area contributed by atoms with E-state index in [0.717, 1.165) is 5.56 Å². The summed E-state index contributed by atoms with van der Waals surface area (Å²) in [5.41, 5.74) is 5.73. The summed E-state index contributed by atoms with van der Waals surface area (Å²) in [6, 6.07) is 5.42. The minimum atomic E-state index is -1.06. The van der Waals surface area contributed by atoms with Crippen molar-refractivity contribution in [3.05, 3.63) is 23.8 Å². The molecule has 0 fully saturated rings. The second-order valence-electron chi connectivity index (χ2n) is 4.28. The Morgan fingerprint density at radius 3 is 2.26 bits per heavy atom. The number of hydrogen-bond acceptors (Lipinski definition) is 5. The molecule has 6 heteroatoms. The zero-order chi connectivity index (χ0) is 13.8. The van der Waals surface area contributed by atoms with Crippen LogP contribution < -0.4 is 15.2 Å². The van der Waals surface area contributed by atoms with Crippen LogP contribution in [0.3, 0.4) is 0 Å². The molecule has 1 atom stereocenters. The first kappa shape index (κ1) is 17.5. The number of esters is 1. The van der Waals surface area contributed by atoms with Crippen LogP contribution in [-0.4, -0.2) is 32.8 Å². The van der Waals surface area contributed by atoms with Gasteiger partial charge in [0.1, 0.15) is 5.54 Å². The van der Waals surface area contributed by atoms with Crippen molar-refractivity contribution in [2.24, 2.45) is 5.73 Å². The number of carbonyl (C=O) groups is 1. The van der Waals surface area contributed by atoms with Crippen molar-refractivity contribution in [2.45, 2.75) is 18.9 Å². The summed E-state index contributed by atoms with van der Waals surface area (Å²) in [6.07, 6.45) is 0.361. The predicted molar refractivity (Wildman–Crippen MR) is 75.1 cm³/mol. The Bertz CT molecular complexity index is 435. The molecule has 0 aliphatic heterocycles. The highest BCUT2D eigenvalue weighted by atomic mass is 35.5. The first-order valence-electron chi connectivity index (χ1n) is 5.53. The van der Waals surface area contributed by atoms with Gasteiger partial charge in [0.2, 0.25) is 0 Å². The molecule has 5 nitrogen and oxygen atoms in total. The van der Waals surface area contributed by atoms with Crippen molar-refractivity contribution in [3.8, 4) is 11.5 Å². The number of benzene rings is 1. The van der Waals surface area contributed by atoms with E-state index >= 15 is 0 Å². The minimum Gasteiger partial charge on any atom is -0.493 e. The number of ether oxygens (including phenoxy) is 3. The summed E-state index contributed by atoms with van der Waals surface area (Å²) in [5, 5.41) is 0. The van der Waals surface area contributed by atoms with Gasteiger partial charge in [-0.25, -0.2) is 0 Å². The van der Waals surface area contributed by atoms with Crippen LogP contribution >= 0.6 is 12.4 Å². The highest BCUT2D eigenvalue weighted by Crippen LogP contribution is 2.28. The molecule has 0 aromatic heterocycles. The predicted octanol–water partition coefficient (Wildman–Crippen LogP) is 1.56. The number of hydrogen-bond donors (Lipinski definition) is 1. The third kappa shape index (κ3) is 4.29. The van der Waals surface area contributed by atoms with E-state index in [1.54, 1.807) is 33.3 Å². The average Bonchev–Trinajstić information content (AvgIpc) is 2.36. The standard InChI is InChI=1S/C13H19NO4.ClH/c1-13(14,12(15)18-4)8-9-5-6-10(16-2)11(7-9)17-3;/h5-7H,8,14H2,1-4H3;1H/t13-;/m0./s1. The summed E-state index contributed by atoms with van der Waals surface area (Å²) >= 11 is 0. The lowest BCUT2D eigenvalue weighted by atomic mass is 9.94. The molecule has 0 saturated carbocycles. The van der Waals surface area contributed by atoms with Crippen LogP contribution in [0.2, 0.25) is 0 Å². The summed E-state index contributed by atoms with van der Waals surface area (Å²) in [5.74, 6) is 0.797. The summed E-state index contributed by atoms with van der Waals surface area (Å²) in [6.45, 7) is 1.63. The summed E-state index contributed by atoms with van der Waals surface area (Å²) in [4.78, 5) is 11.5. The molecule has 0 unspecified atom stereocenters. The third-order valence-corrected chi connectivity index (χ3v) is 2.67.